The number of aliphatic hydroxyl groups is 1. The first-order valence-corrected chi connectivity index (χ1v) is 5.66. The average molecular weight is 271 g/mol. The first-order chi connectivity index (χ1) is 7.19. The zero-order chi connectivity index (χ0) is 11.3. The molecule has 3 heteroatoms. The molecule has 1 aromatic rings. The van der Waals surface area contributed by atoms with Crippen molar-refractivity contribution >= 4 is 15.9 Å². The van der Waals surface area contributed by atoms with E-state index in [2.05, 4.69) is 22.5 Å². The van der Waals surface area contributed by atoms with E-state index < -0.39 is 0 Å². The Balaban J connectivity index is 2.78. The fourth-order valence-electron chi connectivity index (χ4n) is 1.12. The van der Waals surface area contributed by atoms with Gasteiger partial charge in [0.25, 0.3) is 0 Å². The molecule has 0 fully saturated rings. The van der Waals surface area contributed by atoms with Crippen LogP contribution < -0.4 is 4.74 Å². The molecule has 0 heterocycles. The molecule has 0 aliphatic carbocycles. The molecule has 0 atom stereocenters. The quantitative estimate of drug-likeness (QED) is 0.833. The molecule has 0 amide bonds. The second-order valence-corrected chi connectivity index (χ2v) is 4.13. The SMILES string of the molecule is C=C(CC)COc1c(Br)cccc1CO. The molecule has 15 heavy (non-hydrogen) atoms. The first-order valence-electron chi connectivity index (χ1n) is 4.86. The van der Waals surface area contributed by atoms with Crippen molar-refractivity contribution in [2.45, 2.75) is 20.0 Å². The summed E-state index contributed by atoms with van der Waals surface area (Å²) >= 11 is 3.39. The Kier molecular flexibility index (Phi) is 4.85. The molecule has 1 aromatic carbocycles. The van der Waals surface area contributed by atoms with Crippen molar-refractivity contribution in [1.82, 2.24) is 0 Å². The molecule has 0 radical (unpaired) electrons. The van der Waals surface area contributed by atoms with Crippen molar-refractivity contribution in [3.05, 3.63) is 40.4 Å². The highest BCUT2D eigenvalue weighted by Gasteiger charge is 2.07. The third-order valence-corrected chi connectivity index (χ3v) is 2.76. The lowest BCUT2D eigenvalue weighted by Crippen LogP contribution is -2.02. The number of hydrogen-bond donors (Lipinski definition) is 1. The van der Waals surface area contributed by atoms with Gasteiger partial charge in [-0.15, -0.1) is 0 Å². The molecule has 0 spiro atoms. The summed E-state index contributed by atoms with van der Waals surface area (Å²) < 4.78 is 6.46. The van der Waals surface area contributed by atoms with Gasteiger partial charge in [0.05, 0.1) is 11.1 Å². The molecule has 82 valence electrons. The number of ether oxygens (including phenoxy) is 1. The maximum atomic E-state index is 9.14. The van der Waals surface area contributed by atoms with Crippen LogP contribution in [-0.4, -0.2) is 11.7 Å². The van der Waals surface area contributed by atoms with Crippen molar-refractivity contribution < 1.29 is 9.84 Å². The van der Waals surface area contributed by atoms with E-state index in [-0.39, 0.29) is 6.61 Å². The highest BCUT2D eigenvalue weighted by Crippen LogP contribution is 2.29. The highest BCUT2D eigenvalue weighted by atomic mass is 79.9. The summed E-state index contributed by atoms with van der Waals surface area (Å²) in [6.45, 7) is 6.38. The van der Waals surface area contributed by atoms with Crippen LogP contribution in [0, 0.1) is 0 Å². The van der Waals surface area contributed by atoms with Crippen molar-refractivity contribution in [3.8, 4) is 5.75 Å². The van der Waals surface area contributed by atoms with Crippen molar-refractivity contribution in [3.63, 3.8) is 0 Å². The first kappa shape index (κ1) is 12.3. The standard InChI is InChI=1S/C12H15BrO2/c1-3-9(2)8-15-12-10(7-14)5-4-6-11(12)13/h4-6,14H,2-3,7-8H2,1H3. The number of halogens is 1. The maximum absolute atomic E-state index is 9.14. The summed E-state index contributed by atoms with van der Waals surface area (Å²) in [6, 6.07) is 5.61. The topological polar surface area (TPSA) is 29.5 Å². The van der Waals surface area contributed by atoms with E-state index in [4.69, 9.17) is 9.84 Å². The minimum absolute atomic E-state index is 0.0205. The maximum Gasteiger partial charge on any atom is 0.139 e. The van der Waals surface area contributed by atoms with Gasteiger partial charge in [-0.2, -0.15) is 0 Å². The number of para-hydroxylation sites is 1. The van der Waals surface area contributed by atoms with Gasteiger partial charge in [-0.05, 0) is 34.0 Å². The molecule has 0 saturated heterocycles. The van der Waals surface area contributed by atoms with E-state index in [0.717, 1.165) is 22.0 Å². The summed E-state index contributed by atoms with van der Waals surface area (Å²) in [5.41, 5.74) is 1.82. The summed E-state index contributed by atoms with van der Waals surface area (Å²) in [5, 5.41) is 9.14. The Bertz CT molecular complexity index is 347. The molecule has 0 aromatic heterocycles. The van der Waals surface area contributed by atoms with Crippen LogP contribution in [-0.2, 0) is 6.61 Å². The van der Waals surface area contributed by atoms with Gasteiger partial charge in [0.1, 0.15) is 12.4 Å². The van der Waals surface area contributed by atoms with Gasteiger partial charge >= 0.3 is 0 Å². The molecule has 0 saturated carbocycles. The van der Waals surface area contributed by atoms with Gasteiger partial charge < -0.3 is 9.84 Å². The minimum atomic E-state index is -0.0205. The molecule has 2 nitrogen and oxygen atoms in total. The van der Waals surface area contributed by atoms with Crippen LogP contribution in [0.3, 0.4) is 0 Å². The van der Waals surface area contributed by atoms with Gasteiger partial charge in [-0.25, -0.2) is 0 Å². The molecule has 0 bridgehead atoms. The smallest absolute Gasteiger partial charge is 0.139 e. The van der Waals surface area contributed by atoms with E-state index in [1.807, 2.05) is 25.1 Å². The van der Waals surface area contributed by atoms with Gasteiger partial charge in [-0.1, -0.05) is 25.6 Å². The zero-order valence-electron chi connectivity index (χ0n) is 8.79. The van der Waals surface area contributed by atoms with Crippen LogP contribution in [0.2, 0.25) is 0 Å². The summed E-state index contributed by atoms with van der Waals surface area (Å²) in [7, 11) is 0. The Morgan fingerprint density at radius 2 is 2.27 bits per heavy atom. The molecule has 0 aliphatic rings. The second-order valence-electron chi connectivity index (χ2n) is 3.28. The number of aliphatic hydroxyl groups excluding tert-OH is 1. The van der Waals surface area contributed by atoms with Crippen LogP contribution in [0.1, 0.15) is 18.9 Å². The second kappa shape index (κ2) is 5.93. The number of hydrogen-bond acceptors (Lipinski definition) is 2. The largest absolute Gasteiger partial charge is 0.488 e. The van der Waals surface area contributed by atoms with E-state index >= 15 is 0 Å². The third kappa shape index (κ3) is 3.36. The van der Waals surface area contributed by atoms with Crippen LogP contribution in [0.25, 0.3) is 0 Å². The number of rotatable bonds is 5. The van der Waals surface area contributed by atoms with Crippen molar-refractivity contribution in [2.24, 2.45) is 0 Å². The van der Waals surface area contributed by atoms with Crippen LogP contribution in [0.5, 0.6) is 5.75 Å². The lowest BCUT2D eigenvalue weighted by atomic mass is 10.2. The van der Waals surface area contributed by atoms with Crippen LogP contribution in [0.4, 0.5) is 0 Å². The van der Waals surface area contributed by atoms with Crippen LogP contribution >= 0.6 is 15.9 Å². The van der Waals surface area contributed by atoms with Crippen molar-refractivity contribution in [1.29, 1.82) is 0 Å². The third-order valence-electron chi connectivity index (χ3n) is 2.14. The van der Waals surface area contributed by atoms with Gasteiger partial charge in [-0.3, -0.25) is 0 Å². The van der Waals surface area contributed by atoms with Crippen molar-refractivity contribution in [2.75, 3.05) is 6.61 Å². The lowest BCUT2D eigenvalue weighted by molar-refractivity contribution is 0.268. The fourth-order valence-corrected chi connectivity index (χ4v) is 1.64. The summed E-state index contributed by atoms with van der Waals surface area (Å²) in [4.78, 5) is 0. The molecular formula is C12H15BrO2. The predicted octanol–water partition coefficient (Wildman–Crippen LogP) is 3.29. The average Bonchev–Trinajstić information content (AvgIpc) is 2.26. The van der Waals surface area contributed by atoms with Gasteiger partial charge in [0.2, 0.25) is 0 Å². The Morgan fingerprint density at radius 1 is 1.53 bits per heavy atom. The zero-order valence-corrected chi connectivity index (χ0v) is 10.4. The molecule has 0 aliphatic heterocycles. The summed E-state index contributed by atoms with van der Waals surface area (Å²) in [6.07, 6.45) is 0.902. The Labute approximate surface area is 98.7 Å². The predicted molar refractivity (Wildman–Crippen MR) is 65.0 cm³/mol. The molecular weight excluding hydrogens is 256 g/mol. The summed E-state index contributed by atoms with van der Waals surface area (Å²) in [5.74, 6) is 0.703. The lowest BCUT2D eigenvalue weighted by Gasteiger charge is -2.12. The highest BCUT2D eigenvalue weighted by molar-refractivity contribution is 9.10. The van der Waals surface area contributed by atoms with Crippen LogP contribution in [0.15, 0.2) is 34.8 Å². The minimum Gasteiger partial charge on any atom is -0.488 e. The number of benzene rings is 1. The molecule has 1 N–H and O–H groups in total. The fraction of sp³-hybridized carbons (Fsp3) is 0.333. The van der Waals surface area contributed by atoms with E-state index in [0.29, 0.717) is 12.4 Å². The normalized spacial score (nSPS) is 10.1. The van der Waals surface area contributed by atoms with E-state index in [9.17, 15) is 0 Å². The van der Waals surface area contributed by atoms with Gasteiger partial charge in [0.15, 0.2) is 0 Å². The Hall–Kier alpha value is -0.800. The van der Waals surface area contributed by atoms with E-state index in [1.165, 1.54) is 0 Å². The monoisotopic (exact) mass is 270 g/mol. The van der Waals surface area contributed by atoms with E-state index in [1.54, 1.807) is 0 Å². The Morgan fingerprint density at radius 3 is 2.87 bits per heavy atom. The molecule has 0 unspecified atom stereocenters. The molecule has 1 rings (SSSR count). The van der Waals surface area contributed by atoms with Gasteiger partial charge in [0, 0.05) is 5.56 Å².